The molecule has 0 saturated heterocycles. The molecule has 0 aromatic heterocycles. The third-order valence-electron chi connectivity index (χ3n) is 5.70. The maximum atomic E-state index is 12.3. The van der Waals surface area contributed by atoms with Gasteiger partial charge >= 0.3 is 12.3 Å². The summed E-state index contributed by atoms with van der Waals surface area (Å²) < 4.78 is 45.4. The van der Waals surface area contributed by atoms with Gasteiger partial charge in [0.25, 0.3) is 0 Å². The van der Waals surface area contributed by atoms with Gasteiger partial charge in [-0.05, 0) is 72.9 Å². The number of halogens is 3. The molecule has 1 saturated carbocycles. The van der Waals surface area contributed by atoms with Gasteiger partial charge in [-0.15, -0.1) is 13.2 Å². The fraction of sp³-hybridized carbons (Fsp3) is 0.458. The first kappa shape index (κ1) is 22.3. The number of ether oxygens (including phenoxy) is 2. The minimum absolute atomic E-state index is 0.268. The second-order valence-electron chi connectivity index (χ2n) is 7.90. The van der Waals surface area contributed by atoms with Crippen molar-refractivity contribution in [3.05, 3.63) is 65.2 Å². The highest BCUT2D eigenvalue weighted by molar-refractivity contribution is 5.91. The number of benzene rings is 2. The molecule has 0 unspecified atom stereocenters. The van der Waals surface area contributed by atoms with Crippen LogP contribution in [0.5, 0.6) is 5.75 Å². The van der Waals surface area contributed by atoms with Crippen LogP contribution in [0.15, 0.2) is 48.5 Å². The molecule has 30 heavy (non-hydrogen) atoms. The molecule has 2 aromatic carbocycles. The van der Waals surface area contributed by atoms with Crippen molar-refractivity contribution >= 4 is 5.97 Å². The van der Waals surface area contributed by atoms with E-state index in [0.29, 0.717) is 17.2 Å². The molecular weight excluding hydrogens is 393 g/mol. The van der Waals surface area contributed by atoms with Crippen LogP contribution in [0, 0.1) is 5.92 Å². The Morgan fingerprint density at radius 1 is 0.967 bits per heavy atom. The third-order valence-corrected chi connectivity index (χ3v) is 5.70. The average Bonchev–Trinajstić information content (AvgIpc) is 2.73. The Kier molecular flexibility index (Phi) is 7.53. The zero-order valence-corrected chi connectivity index (χ0v) is 17.1. The lowest BCUT2D eigenvalue weighted by molar-refractivity contribution is -0.330. The normalized spacial score (nSPS) is 19.5. The lowest BCUT2D eigenvalue weighted by Gasteiger charge is -2.28. The van der Waals surface area contributed by atoms with Gasteiger partial charge in [-0.25, -0.2) is 4.79 Å². The molecule has 162 valence electrons. The molecule has 0 heterocycles. The number of alkyl halides is 3. The van der Waals surface area contributed by atoms with E-state index < -0.39 is 18.9 Å². The monoisotopic (exact) mass is 420 g/mol. The summed E-state index contributed by atoms with van der Waals surface area (Å²) in [5.74, 6) is 1.33. The van der Waals surface area contributed by atoms with Crippen molar-refractivity contribution in [2.24, 2.45) is 5.92 Å². The fourth-order valence-corrected chi connectivity index (χ4v) is 4.07. The van der Waals surface area contributed by atoms with Gasteiger partial charge < -0.3 is 4.74 Å². The number of carbonyl (C=O) groups excluding carboxylic acids is 1. The Hall–Kier alpha value is -2.34. The highest BCUT2D eigenvalue weighted by Crippen LogP contribution is 2.37. The lowest BCUT2D eigenvalue weighted by atomic mass is 9.77. The Bertz CT molecular complexity index is 805. The van der Waals surface area contributed by atoms with Crippen LogP contribution in [-0.2, 0) is 11.3 Å². The Morgan fingerprint density at radius 3 is 2.17 bits per heavy atom. The van der Waals surface area contributed by atoms with Crippen molar-refractivity contribution in [2.75, 3.05) is 0 Å². The maximum Gasteiger partial charge on any atom is 0.522 e. The van der Waals surface area contributed by atoms with E-state index in [1.54, 1.807) is 12.1 Å². The van der Waals surface area contributed by atoms with Crippen molar-refractivity contribution in [3.63, 3.8) is 0 Å². The van der Waals surface area contributed by atoms with Crippen molar-refractivity contribution < 1.29 is 27.4 Å². The van der Waals surface area contributed by atoms with E-state index in [1.165, 1.54) is 68.4 Å². The molecule has 1 fully saturated rings. The van der Waals surface area contributed by atoms with Crippen LogP contribution in [-0.4, -0.2) is 12.3 Å². The highest BCUT2D eigenvalue weighted by Gasteiger charge is 2.29. The Labute approximate surface area is 175 Å². The van der Waals surface area contributed by atoms with Gasteiger partial charge in [0.1, 0.15) is 5.75 Å². The van der Waals surface area contributed by atoms with Crippen molar-refractivity contribution in [3.8, 4) is 5.75 Å². The van der Waals surface area contributed by atoms with Gasteiger partial charge in [0, 0.05) is 0 Å². The molecule has 0 atom stereocenters. The van der Waals surface area contributed by atoms with Gasteiger partial charge in [-0.2, -0.15) is 0 Å². The molecule has 3 nitrogen and oxygen atoms in total. The Balaban J connectivity index is 1.52. The van der Waals surface area contributed by atoms with Crippen LogP contribution in [0.25, 0.3) is 0 Å². The van der Waals surface area contributed by atoms with Crippen LogP contribution in [0.1, 0.15) is 72.9 Å². The van der Waals surface area contributed by atoms with Gasteiger partial charge in [0.15, 0.2) is 0 Å². The van der Waals surface area contributed by atoms with Gasteiger partial charge in [0.2, 0.25) is 0 Å². The van der Waals surface area contributed by atoms with Crippen molar-refractivity contribution in [1.29, 1.82) is 0 Å². The predicted octanol–water partition coefficient (Wildman–Crippen LogP) is 7.02. The highest BCUT2D eigenvalue weighted by atomic mass is 19.4. The second kappa shape index (κ2) is 10.1. The van der Waals surface area contributed by atoms with Crippen molar-refractivity contribution in [1.82, 2.24) is 0 Å². The minimum Gasteiger partial charge on any atom is -0.423 e. The van der Waals surface area contributed by atoms with E-state index in [0.717, 1.165) is 5.92 Å². The number of hydrogen-bond acceptors (Lipinski definition) is 3. The van der Waals surface area contributed by atoms with Crippen LogP contribution >= 0.6 is 0 Å². The topological polar surface area (TPSA) is 35.5 Å². The summed E-state index contributed by atoms with van der Waals surface area (Å²) in [5, 5.41) is 0. The molecule has 2 aromatic rings. The molecular formula is C24H27F3O3. The second-order valence-corrected chi connectivity index (χ2v) is 7.90. The summed E-state index contributed by atoms with van der Waals surface area (Å²) in [5.41, 5.74) is 1.87. The van der Waals surface area contributed by atoms with E-state index in [9.17, 15) is 18.0 Å². The third kappa shape index (κ3) is 6.59. The summed E-state index contributed by atoms with van der Waals surface area (Å²) in [6, 6.07) is 13.3. The summed E-state index contributed by atoms with van der Waals surface area (Å²) >= 11 is 0. The van der Waals surface area contributed by atoms with E-state index in [1.807, 2.05) is 12.1 Å². The summed E-state index contributed by atoms with van der Waals surface area (Å²) in [4.78, 5) is 12.3. The SMILES string of the molecule is CCCC1CCC(c2ccc(OC(=O)c3ccc(COC(F)(F)F)cc3)cc2)CC1. The largest absolute Gasteiger partial charge is 0.522 e. The average molecular weight is 420 g/mol. The predicted molar refractivity (Wildman–Crippen MR) is 108 cm³/mol. The number of hydrogen-bond donors (Lipinski definition) is 0. The fourth-order valence-electron chi connectivity index (χ4n) is 4.07. The first-order valence-electron chi connectivity index (χ1n) is 10.5. The van der Waals surface area contributed by atoms with E-state index in [2.05, 4.69) is 11.7 Å². The van der Waals surface area contributed by atoms with Crippen LogP contribution in [0.4, 0.5) is 13.2 Å². The zero-order valence-electron chi connectivity index (χ0n) is 17.1. The number of esters is 1. The van der Waals surface area contributed by atoms with E-state index >= 15 is 0 Å². The molecule has 0 radical (unpaired) electrons. The zero-order chi connectivity index (χ0) is 21.6. The summed E-state index contributed by atoms with van der Waals surface area (Å²) in [6.07, 6.45) is 2.84. The molecule has 0 N–H and O–H groups in total. The first-order chi connectivity index (χ1) is 14.3. The molecule has 1 aliphatic carbocycles. The molecule has 3 rings (SSSR count). The van der Waals surface area contributed by atoms with Gasteiger partial charge in [-0.1, -0.05) is 44.0 Å². The van der Waals surface area contributed by atoms with Gasteiger partial charge in [-0.3, -0.25) is 4.74 Å². The summed E-state index contributed by atoms with van der Waals surface area (Å²) in [7, 11) is 0. The smallest absolute Gasteiger partial charge is 0.423 e. The van der Waals surface area contributed by atoms with Crippen LogP contribution < -0.4 is 4.74 Å². The van der Waals surface area contributed by atoms with Crippen LogP contribution in [0.3, 0.4) is 0 Å². The molecule has 0 spiro atoms. The first-order valence-corrected chi connectivity index (χ1v) is 10.5. The molecule has 1 aliphatic rings. The minimum atomic E-state index is -4.68. The van der Waals surface area contributed by atoms with Gasteiger partial charge in [0.05, 0.1) is 12.2 Å². The standard InChI is InChI=1S/C24H27F3O3/c1-2-3-17-4-8-19(9-5-17)20-12-14-22(15-13-20)30-23(28)21-10-6-18(7-11-21)16-29-24(25,26)27/h6-7,10-15,17,19H,2-5,8-9,16H2,1H3. The summed E-state index contributed by atoms with van der Waals surface area (Å²) in [6.45, 7) is 1.64. The maximum absolute atomic E-state index is 12.3. The quantitative estimate of drug-likeness (QED) is 0.357. The molecule has 0 bridgehead atoms. The van der Waals surface area contributed by atoms with Crippen LogP contribution in [0.2, 0.25) is 0 Å². The van der Waals surface area contributed by atoms with Crippen molar-refractivity contribution in [2.45, 2.75) is 64.3 Å². The Morgan fingerprint density at radius 2 is 1.60 bits per heavy atom. The molecule has 0 aliphatic heterocycles. The van der Waals surface area contributed by atoms with E-state index in [-0.39, 0.29) is 5.56 Å². The number of rotatable bonds is 7. The number of carbonyl (C=O) groups is 1. The molecule has 0 amide bonds. The molecule has 6 heteroatoms. The lowest BCUT2D eigenvalue weighted by Crippen LogP contribution is -2.13. The van der Waals surface area contributed by atoms with E-state index in [4.69, 9.17) is 4.74 Å².